The molecule has 3 rings (SSSR count). The minimum atomic E-state index is -4.10. The predicted molar refractivity (Wildman–Crippen MR) is 137 cm³/mol. The maximum atomic E-state index is 13.5. The molecule has 0 aromatic heterocycles. The van der Waals surface area contributed by atoms with Gasteiger partial charge in [-0.1, -0.05) is 30.3 Å². The first-order valence-corrected chi connectivity index (χ1v) is 12.3. The summed E-state index contributed by atoms with van der Waals surface area (Å²) >= 11 is 0. The normalized spacial score (nSPS) is 11.3. The van der Waals surface area contributed by atoms with E-state index < -0.39 is 22.5 Å². The van der Waals surface area contributed by atoms with Crippen LogP contribution in [0.3, 0.4) is 0 Å². The molecule has 0 bridgehead atoms. The third kappa shape index (κ3) is 5.81. The lowest BCUT2D eigenvalue weighted by molar-refractivity contribution is -0.119. The van der Waals surface area contributed by atoms with Crippen molar-refractivity contribution in [2.24, 2.45) is 5.10 Å². The van der Waals surface area contributed by atoms with Crippen LogP contribution in [0.2, 0.25) is 0 Å². The minimum absolute atomic E-state index is 0.0416. The molecule has 9 heteroatoms. The second kappa shape index (κ2) is 11.1. The SMILES string of the molecule is COc1ccc(N(CC(=O)N/N=C\c2ccc(C)c(C)c2C)S(=O)(=O)c2ccccc2)c(OC)c1. The van der Waals surface area contributed by atoms with E-state index in [4.69, 9.17) is 9.47 Å². The third-order valence-electron chi connectivity index (χ3n) is 5.77. The quantitative estimate of drug-likeness (QED) is 0.358. The Hall–Kier alpha value is -3.85. The molecular weight excluding hydrogens is 466 g/mol. The Kier molecular flexibility index (Phi) is 8.14. The molecular formula is C26H29N3O5S. The van der Waals surface area contributed by atoms with Crippen LogP contribution in [0.15, 0.2) is 70.7 Å². The second-order valence-electron chi connectivity index (χ2n) is 7.88. The monoisotopic (exact) mass is 495 g/mol. The van der Waals surface area contributed by atoms with E-state index in [0.717, 1.165) is 21.0 Å². The standard InChI is InChI=1S/C26H29N3O5S/c1-18-11-12-21(20(3)19(18)2)16-27-28-26(30)17-29(35(31,32)23-9-7-6-8-10-23)24-14-13-22(33-4)15-25(24)34-5/h6-16H,17H2,1-5H3,(H,28,30)/b27-16-. The van der Waals surface area contributed by atoms with Gasteiger partial charge in [-0.15, -0.1) is 0 Å². The van der Waals surface area contributed by atoms with Crippen LogP contribution in [0.5, 0.6) is 11.5 Å². The number of nitrogens with one attached hydrogen (secondary N) is 1. The van der Waals surface area contributed by atoms with Gasteiger partial charge in [0.25, 0.3) is 15.9 Å². The Labute approximate surface area is 206 Å². The number of carbonyl (C=O) groups is 1. The number of nitrogens with zero attached hydrogens (tertiary/aromatic N) is 2. The summed E-state index contributed by atoms with van der Waals surface area (Å²) in [5.74, 6) is 0.117. The van der Waals surface area contributed by atoms with Crippen molar-refractivity contribution in [3.63, 3.8) is 0 Å². The van der Waals surface area contributed by atoms with Gasteiger partial charge in [0.1, 0.15) is 18.0 Å². The lowest BCUT2D eigenvalue weighted by atomic mass is 10.00. The van der Waals surface area contributed by atoms with Crippen molar-refractivity contribution < 1.29 is 22.7 Å². The summed E-state index contributed by atoms with van der Waals surface area (Å²) in [4.78, 5) is 12.9. The summed E-state index contributed by atoms with van der Waals surface area (Å²) in [6, 6.07) is 16.5. The molecule has 0 saturated carbocycles. The molecule has 0 atom stereocenters. The highest BCUT2D eigenvalue weighted by molar-refractivity contribution is 7.92. The van der Waals surface area contributed by atoms with Gasteiger partial charge in [0.15, 0.2) is 0 Å². The first-order valence-electron chi connectivity index (χ1n) is 10.9. The molecule has 0 spiro atoms. The minimum Gasteiger partial charge on any atom is -0.497 e. The van der Waals surface area contributed by atoms with Crippen molar-refractivity contribution in [2.45, 2.75) is 25.7 Å². The van der Waals surface area contributed by atoms with Crippen LogP contribution in [0.1, 0.15) is 22.3 Å². The number of anilines is 1. The van der Waals surface area contributed by atoms with Gasteiger partial charge in [0.05, 0.1) is 31.0 Å². The average molecular weight is 496 g/mol. The summed E-state index contributed by atoms with van der Waals surface area (Å²) in [6.07, 6.45) is 1.55. The van der Waals surface area contributed by atoms with Crippen molar-refractivity contribution in [1.82, 2.24) is 5.43 Å². The molecule has 0 unspecified atom stereocenters. The maximum absolute atomic E-state index is 13.5. The van der Waals surface area contributed by atoms with Gasteiger partial charge >= 0.3 is 0 Å². The van der Waals surface area contributed by atoms with Gasteiger partial charge in [-0.05, 0) is 67.3 Å². The van der Waals surface area contributed by atoms with E-state index in [2.05, 4.69) is 10.5 Å². The van der Waals surface area contributed by atoms with Gasteiger partial charge < -0.3 is 9.47 Å². The number of hydrazone groups is 1. The van der Waals surface area contributed by atoms with Crippen LogP contribution < -0.4 is 19.2 Å². The van der Waals surface area contributed by atoms with E-state index in [1.165, 1.54) is 38.0 Å². The van der Waals surface area contributed by atoms with E-state index >= 15 is 0 Å². The topological polar surface area (TPSA) is 97.3 Å². The van der Waals surface area contributed by atoms with E-state index in [1.54, 1.807) is 36.5 Å². The molecule has 0 fully saturated rings. The lowest BCUT2D eigenvalue weighted by Crippen LogP contribution is -2.39. The molecule has 0 aliphatic carbocycles. The van der Waals surface area contributed by atoms with Crippen LogP contribution in [0.25, 0.3) is 0 Å². The molecule has 0 heterocycles. The fraction of sp³-hybridized carbons (Fsp3) is 0.231. The fourth-order valence-corrected chi connectivity index (χ4v) is 4.92. The molecule has 0 radical (unpaired) electrons. The van der Waals surface area contributed by atoms with E-state index in [9.17, 15) is 13.2 Å². The van der Waals surface area contributed by atoms with Crippen molar-refractivity contribution in [3.8, 4) is 11.5 Å². The maximum Gasteiger partial charge on any atom is 0.264 e. The van der Waals surface area contributed by atoms with Gasteiger partial charge in [0.2, 0.25) is 0 Å². The zero-order valence-corrected chi connectivity index (χ0v) is 21.2. The molecule has 0 aliphatic rings. The summed E-state index contributed by atoms with van der Waals surface area (Å²) in [6.45, 7) is 5.52. The number of carbonyl (C=O) groups excluding carboxylic acids is 1. The number of hydrogen-bond acceptors (Lipinski definition) is 6. The zero-order valence-electron chi connectivity index (χ0n) is 20.4. The van der Waals surface area contributed by atoms with Gasteiger partial charge in [-0.2, -0.15) is 5.10 Å². The zero-order chi connectivity index (χ0) is 25.6. The predicted octanol–water partition coefficient (Wildman–Crippen LogP) is 3.97. The van der Waals surface area contributed by atoms with Gasteiger partial charge in [-0.25, -0.2) is 13.8 Å². The highest BCUT2D eigenvalue weighted by Gasteiger charge is 2.29. The van der Waals surface area contributed by atoms with E-state index in [1.807, 2.05) is 32.9 Å². The number of aryl methyl sites for hydroxylation is 1. The van der Waals surface area contributed by atoms with Crippen molar-refractivity contribution in [1.29, 1.82) is 0 Å². The Balaban J connectivity index is 1.92. The Morgan fingerprint density at radius 3 is 2.34 bits per heavy atom. The molecule has 184 valence electrons. The summed E-state index contributed by atoms with van der Waals surface area (Å²) < 4.78 is 38.7. The number of rotatable bonds is 9. The fourth-order valence-electron chi connectivity index (χ4n) is 3.47. The van der Waals surface area contributed by atoms with Gasteiger partial charge in [-0.3, -0.25) is 9.10 Å². The second-order valence-corrected chi connectivity index (χ2v) is 9.74. The van der Waals surface area contributed by atoms with Gasteiger partial charge in [0, 0.05) is 6.07 Å². The number of ether oxygens (including phenoxy) is 2. The van der Waals surface area contributed by atoms with Crippen LogP contribution in [0, 0.1) is 20.8 Å². The summed E-state index contributed by atoms with van der Waals surface area (Å²) in [5.41, 5.74) is 6.86. The number of amides is 1. The van der Waals surface area contributed by atoms with E-state index in [0.29, 0.717) is 5.75 Å². The van der Waals surface area contributed by atoms with Crippen molar-refractivity contribution in [2.75, 3.05) is 25.1 Å². The summed E-state index contributed by atoms with van der Waals surface area (Å²) in [7, 11) is -1.18. The Morgan fingerprint density at radius 1 is 0.971 bits per heavy atom. The molecule has 8 nitrogen and oxygen atoms in total. The van der Waals surface area contributed by atoms with Crippen LogP contribution in [0.4, 0.5) is 5.69 Å². The van der Waals surface area contributed by atoms with Crippen LogP contribution >= 0.6 is 0 Å². The largest absolute Gasteiger partial charge is 0.497 e. The lowest BCUT2D eigenvalue weighted by Gasteiger charge is -2.25. The molecule has 0 aliphatic heterocycles. The molecule has 0 saturated heterocycles. The average Bonchev–Trinajstić information content (AvgIpc) is 2.87. The first-order chi connectivity index (χ1) is 16.7. The van der Waals surface area contributed by atoms with Crippen molar-refractivity contribution in [3.05, 3.63) is 82.9 Å². The number of benzene rings is 3. The van der Waals surface area contributed by atoms with E-state index in [-0.39, 0.29) is 16.3 Å². The van der Waals surface area contributed by atoms with Crippen LogP contribution in [-0.2, 0) is 14.8 Å². The number of sulfonamides is 1. The smallest absolute Gasteiger partial charge is 0.264 e. The summed E-state index contributed by atoms with van der Waals surface area (Å²) in [5, 5.41) is 4.05. The highest BCUT2D eigenvalue weighted by Crippen LogP contribution is 2.35. The molecule has 35 heavy (non-hydrogen) atoms. The Bertz CT molecular complexity index is 1340. The first kappa shape index (κ1) is 25.8. The Morgan fingerprint density at radius 2 is 1.69 bits per heavy atom. The number of hydrogen-bond donors (Lipinski definition) is 1. The molecule has 1 amide bonds. The third-order valence-corrected chi connectivity index (χ3v) is 7.54. The molecule has 3 aromatic rings. The van der Waals surface area contributed by atoms with Crippen molar-refractivity contribution >= 4 is 27.8 Å². The highest BCUT2D eigenvalue weighted by atomic mass is 32.2. The molecule has 3 aromatic carbocycles. The van der Waals surface area contributed by atoms with Crippen LogP contribution in [-0.4, -0.2) is 41.3 Å². The molecule has 1 N–H and O–H groups in total. The number of methoxy groups -OCH3 is 2.